The quantitative estimate of drug-likeness (QED) is 0.765. The molecule has 0 N–H and O–H groups in total. The van der Waals surface area contributed by atoms with Gasteiger partial charge in [0.15, 0.2) is 0 Å². The van der Waals surface area contributed by atoms with Crippen LogP contribution in [0.3, 0.4) is 0 Å². The Labute approximate surface area is 95.6 Å². The van der Waals surface area contributed by atoms with Crippen molar-refractivity contribution in [1.82, 2.24) is 9.78 Å². The van der Waals surface area contributed by atoms with Crippen LogP contribution in [0.5, 0.6) is 0 Å². The Balaban J connectivity index is 2.50. The van der Waals surface area contributed by atoms with Crippen molar-refractivity contribution in [3.05, 3.63) is 47.2 Å². The van der Waals surface area contributed by atoms with Crippen molar-refractivity contribution in [2.45, 2.75) is 5.33 Å². The van der Waals surface area contributed by atoms with E-state index in [0.717, 1.165) is 11.0 Å². The van der Waals surface area contributed by atoms with Gasteiger partial charge < -0.3 is 0 Å². The highest BCUT2D eigenvalue weighted by Crippen LogP contribution is 2.18. The van der Waals surface area contributed by atoms with E-state index in [9.17, 15) is 0 Å². The lowest BCUT2D eigenvalue weighted by atomic mass is 10.2. The van der Waals surface area contributed by atoms with E-state index in [1.807, 2.05) is 18.2 Å². The number of hydrogen-bond acceptors (Lipinski definition) is 1. The summed E-state index contributed by atoms with van der Waals surface area (Å²) in [6.45, 7) is 0. The Bertz CT molecular complexity index is 439. The normalized spacial score (nSPS) is 10.4. The van der Waals surface area contributed by atoms with Gasteiger partial charge in [-0.2, -0.15) is 5.10 Å². The van der Waals surface area contributed by atoms with E-state index in [4.69, 9.17) is 11.6 Å². The van der Waals surface area contributed by atoms with Gasteiger partial charge in [-0.1, -0.05) is 45.7 Å². The van der Waals surface area contributed by atoms with Gasteiger partial charge in [-0.05, 0) is 11.6 Å². The first-order chi connectivity index (χ1) is 6.81. The second-order valence-corrected chi connectivity index (χ2v) is 3.86. The first kappa shape index (κ1) is 9.74. The van der Waals surface area contributed by atoms with Gasteiger partial charge in [0, 0.05) is 11.5 Å². The summed E-state index contributed by atoms with van der Waals surface area (Å²) >= 11 is 9.25. The topological polar surface area (TPSA) is 17.8 Å². The molecule has 0 radical (unpaired) electrons. The first-order valence-electron chi connectivity index (χ1n) is 4.15. The fraction of sp³-hybridized carbons (Fsp3) is 0.100. The van der Waals surface area contributed by atoms with Crippen LogP contribution in [0.4, 0.5) is 0 Å². The zero-order chi connectivity index (χ0) is 9.97. The summed E-state index contributed by atoms with van der Waals surface area (Å²) in [4.78, 5) is 0. The largest absolute Gasteiger partial charge is 0.239 e. The molecule has 0 spiro atoms. The lowest BCUT2D eigenvalue weighted by Gasteiger charge is -2.05. The lowest BCUT2D eigenvalue weighted by Crippen LogP contribution is -1.97. The molecule has 0 aliphatic carbocycles. The van der Waals surface area contributed by atoms with Gasteiger partial charge in [-0.25, -0.2) is 4.68 Å². The van der Waals surface area contributed by atoms with E-state index in [2.05, 4.69) is 27.1 Å². The molecule has 0 atom stereocenters. The Hall–Kier alpha value is -0.800. The van der Waals surface area contributed by atoms with Crippen molar-refractivity contribution < 1.29 is 0 Å². The van der Waals surface area contributed by atoms with Crippen LogP contribution in [-0.4, -0.2) is 9.78 Å². The highest BCUT2D eigenvalue weighted by molar-refractivity contribution is 9.08. The van der Waals surface area contributed by atoms with E-state index in [-0.39, 0.29) is 0 Å². The highest BCUT2D eigenvalue weighted by Gasteiger charge is 2.03. The SMILES string of the molecule is Clc1cnn(-c2ccccc2CBr)c1. The Kier molecular flexibility index (Phi) is 2.89. The number of rotatable bonds is 2. The van der Waals surface area contributed by atoms with Crippen molar-refractivity contribution in [1.29, 1.82) is 0 Å². The van der Waals surface area contributed by atoms with Crippen molar-refractivity contribution in [2.75, 3.05) is 0 Å². The molecule has 72 valence electrons. The Morgan fingerprint density at radius 2 is 2.14 bits per heavy atom. The molecule has 0 unspecified atom stereocenters. The Morgan fingerprint density at radius 3 is 2.79 bits per heavy atom. The van der Waals surface area contributed by atoms with Crippen LogP contribution < -0.4 is 0 Å². The molecule has 1 heterocycles. The summed E-state index contributed by atoms with van der Waals surface area (Å²) in [6.07, 6.45) is 3.43. The van der Waals surface area contributed by atoms with E-state index in [1.54, 1.807) is 17.1 Å². The summed E-state index contributed by atoms with van der Waals surface area (Å²) in [7, 11) is 0. The lowest BCUT2D eigenvalue weighted by molar-refractivity contribution is 0.872. The van der Waals surface area contributed by atoms with E-state index in [0.29, 0.717) is 5.02 Å². The third-order valence-corrected chi connectivity index (χ3v) is 2.73. The predicted molar refractivity (Wildman–Crippen MR) is 61.2 cm³/mol. The fourth-order valence-electron chi connectivity index (χ4n) is 1.28. The van der Waals surface area contributed by atoms with Crippen LogP contribution in [0.2, 0.25) is 5.02 Å². The molecule has 2 nitrogen and oxygen atoms in total. The maximum absolute atomic E-state index is 5.81. The molecule has 0 amide bonds. The Morgan fingerprint density at radius 1 is 1.36 bits per heavy atom. The van der Waals surface area contributed by atoms with Gasteiger partial charge in [0.1, 0.15) is 0 Å². The van der Waals surface area contributed by atoms with Crippen molar-refractivity contribution in [2.24, 2.45) is 0 Å². The summed E-state index contributed by atoms with van der Waals surface area (Å²) < 4.78 is 1.78. The molecule has 0 aliphatic heterocycles. The number of halogens is 2. The van der Waals surface area contributed by atoms with Gasteiger partial charge >= 0.3 is 0 Å². The first-order valence-corrected chi connectivity index (χ1v) is 5.65. The van der Waals surface area contributed by atoms with Gasteiger partial charge in [0.25, 0.3) is 0 Å². The molecule has 0 saturated heterocycles. The molecule has 0 aliphatic rings. The predicted octanol–water partition coefficient (Wildman–Crippen LogP) is 3.42. The van der Waals surface area contributed by atoms with E-state index < -0.39 is 0 Å². The van der Waals surface area contributed by atoms with Gasteiger partial charge in [-0.3, -0.25) is 0 Å². The zero-order valence-electron chi connectivity index (χ0n) is 7.32. The van der Waals surface area contributed by atoms with E-state index in [1.165, 1.54) is 5.56 Å². The second-order valence-electron chi connectivity index (χ2n) is 2.87. The van der Waals surface area contributed by atoms with Gasteiger partial charge in [0.2, 0.25) is 0 Å². The molecule has 4 heteroatoms. The number of alkyl halides is 1. The van der Waals surface area contributed by atoms with Crippen LogP contribution >= 0.6 is 27.5 Å². The maximum Gasteiger partial charge on any atom is 0.0790 e. The molecule has 0 saturated carbocycles. The molecule has 0 fully saturated rings. The number of nitrogens with zero attached hydrogens (tertiary/aromatic N) is 2. The summed E-state index contributed by atoms with van der Waals surface area (Å²) in [5, 5.41) is 5.61. The van der Waals surface area contributed by atoms with Gasteiger partial charge in [-0.15, -0.1) is 0 Å². The van der Waals surface area contributed by atoms with Crippen LogP contribution in [-0.2, 0) is 5.33 Å². The molecule has 0 bridgehead atoms. The number of benzene rings is 1. The van der Waals surface area contributed by atoms with Crippen LogP contribution in [0.25, 0.3) is 5.69 Å². The minimum Gasteiger partial charge on any atom is -0.239 e. The standard InChI is InChI=1S/C10H8BrClN2/c11-5-8-3-1-2-4-10(8)14-7-9(12)6-13-14/h1-4,6-7H,5H2. The smallest absolute Gasteiger partial charge is 0.0790 e. The molecular formula is C10H8BrClN2. The molecule has 1 aromatic carbocycles. The zero-order valence-corrected chi connectivity index (χ0v) is 9.66. The molecule has 2 rings (SSSR count). The molecule has 14 heavy (non-hydrogen) atoms. The summed E-state index contributed by atoms with van der Waals surface area (Å²) in [5.41, 5.74) is 2.24. The van der Waals surface area contributed by atoms with Gasteiger partial charge in [0.05, 0.1) is 16.9 Å². The monoisotopic (exact) mass is 270 g/mol. The van der Waals surface area contributed by atoms with Crippen LogP contribution in [0.15, 0.2) is 36.7 Å². The van der Waals surface area contributed by atoms with Crippen molar-refractivity contribution in [3.63, 3.8) is 0 Å². The average molecular weight is 272 g/mol. The van der Waals surface area contributed by atoms with E-state index >= 15 is 0 Å². The second kappa shape index (κ2) is 4.15. The number of hydrogen-bond donors (Lipinski definition) is 0. The number of para-hydroxylation sites is 1. The summed E-state index contributed by atoms with van der Waals surface area (Å²) in [6, 6.07) is 8.06. The van der Waals surface area contributed by atoms with Crippen LogP contribution in [0.1, 0.15) is 5.56 Å². The van der Waals surface area contributed by atoms with Crippen LogP contribution in [0, 0.1) is 0 Å². The minimum atomic E-state index is 0.648. The minimum absolute atomic E-state index is 0.648. The third kappa shape index (κ3) is 1.83. The van der Waals surface area contributed by atoms with Crippen molar-refractivity contribution >= 4 is 27.5 Å². The third-order valence-electron chi connectivity index (χ3n) is 1.93. The summed E-state index contributed by atoms with van der Waals surface area (Å²) in [5.74, 6) is 0. The van der Waals surface area contributed by atoms with Crippen molar-refractivity contribution in [3.8, 4) is 5.69 Å². The maximum atomic E-state index is 5.81. The fourth-order valence-corrected chi connectivity index (χ4v) is 1.89. The number of aromatic nitrogens is 2. The highest BCUT2D eigenvalue weighted by atomic mass is 79.9. The molecule has 2 aromatic rings. The molecular weight excluding hydrogens is 263 g/mol. The molecule has 1 aromatic heterocycles. The average Bonchev–Trinajstić information content (AvgIpc) is 2.65.